The van der Waals surface area contributed by atoms with Gasteiger partial charge in [-0.1, -0.05) is 35.3 Å². The minimum absolute atomic E-state index is 0.0410. The van der Waals surface area contributed by atoms with Crippen molar-refractivity contribution in [1.29, 1.82) is 0 Å². The van der Waals surface area contributed by atoms with Crippen LogP contribution in [0.5, 0.6) is 5.75 Å². The van der Waals surface area contributed by atoms with Crippen LogP contribution < -0.4 is 4.74 Å². The molecule has 36 heavy (non-hydrogen) atoms. The third-order valence-corrected chi connectivity index (χ3v) is 5.61. The normalized spacial score (nSPS) is 13.4. The molecule has 192 valence electrons. The molecule has 1 aromatic carbocycles. The number of halogens is 8. The molecule has 15 heteroatoms. The van der Waals surface area contributed by atoms with Gasteiger partial charge in [-0.3, -0.25) is 0 Å². The third kappa shape index (κ3) is 5.22. The van der Waals surface area contributed by atoms with Crippen molar-refractivity contribution in [1.82, 2.24) is 19.5 Å². The highest BCUT2D eigenvalue weighted by Gasteiger charge is 2.39. The molecule has 3 aromatic heterocycles. The summed E-state index contributed by atoms with van der Waals surface area (Å²) in [5.74, 6) is -0.158. The lowest BCUT2D eigenvalue weighted by Gasteiger charge is -2.17. The van der Waals surface area contributed by atoms with E-state index in [0.717, 1.165) is 16.7 Å². The van der Waals surface area contributed by atoms with E-state index in [9.17, 15) is 26.3 Å². The van der Waals surface area contributed by atoms with Crippen LogP contribution in [0.1, 0.15) is 18.1 Å². The van der Waals surface area contributed by atoms with Crippen LogP contribution in [0.3, 0.4) is 0 Å². The van der Waals surface area contributed by atoms with E-state index in [0.29, 0.717) is 17.5 Å². The molecule has 0 radical (unpaired) electrons. The summed E-state index contributed by atoms with van der Waals surface area (Å²) in [6, 6.07) is 3.50. The lowest BCUT2D eigenvalue weighted by atomic mass is 10.0. The minimum Gasteiger partial charge on any atom is -0.489 e. The first-order chi connectivity index (χ1) is 16.8. The second kappa shape index (κ2) is 9.45. The Bertz CT molecular complexity index is 1420. The van der Waals surface area contributed by atoms with Crippen molar-refractivity contribution in [3.05, 3.63) is 51.8 Å². The minimum atomic E-state index is -4.85. The number of ether oxygens (including phenoxy) is 1. The fourth-order valence-corrected chi connectivity index (χ4v) is 3.70. The van der Waals surface area contributed by atoms with Crippen molar-refractivity contribution in [3.63, 3.8) is 0 Å². The van der Waals surface area contributed by atoms with E-state index in [2.05, 4.69) is 15.1 Å². The molecule has 3 heterocycles. The van der Waals surface area contributed by atoms with E-state index in [1.807, 2.05) is 0 Å². The lowest BCUT2D eigenvalue weighted by molar-refractivity contribution is -0.210. The smallest absolute Gasteiger partial charge is 0.417 e. The van der Waals surface area contributed by atoms with Crippen LogP contribution in [0.15, 0.2) is 35.1 Å². The quantitative estimate of drug-likeness (QED) is 0.284. The maximum Gasteiger partial charge on any atom is 0.417 e. The molecule has 0 aliphatic rings. The molecule has 1 N–H and O–H groups in total. The maximum atomic E-state index is 13.1. The summed E-state index contributed by atoms with van der Waals surface area (Å²) in [5, 5.41) is 12.7. The first kappa shape index (κ1) is 26.0. The van der Waals surface area contributed by atoms with E-state index in [-0.39, 0.29) is 38.9 Å². The van der Waals surface area contributed by atoms with Crippen LogP contribution in [0, 0.1) is 0 Å². The molecule has 1 unspecified atom stereocenters. The fraction of sp³-hybridized carbons (Fsp3) is 0.286. The Morgan fingerprint density at radius 3 is 2.42 bits per heavy atom. The van der Waals surface area contributed by atoms with Gasteiger partial charge in [-0.2, -0.15) is 31.3 Å². The van der Waals surface area contributed by atoms with Crippen LogP contribution in [-0.4, -0.2) is 43.5 Å². The highest BCUT2D eigenvalue weighted by molar-refractivity contribution is 6.33. The van der Waals surface area contributed by atoms with Crippen molar-refractivity contribution in [2.75, 3.05) is 6.61 Å². The van der Waals surface area contributed by atoms with Gasteiger partial charge in [-0.05, 0) is 30.2 Å². The van der Waals surface area contributed by atoms with Gasteiger partial charge >= 0.3 is 12.4 Å². The number of pyridine rings is 1. The average molecular weight is 555 g/mol. The van der Waals surface area contributed by atoms with Crippen molar-refractivity contribution in [2.24, 2.45) is 0 Å². The molecule has 0 saturated heterocycles. The van der Waals surface area contributed by atoms with Gasteiger partial charge in [0, 0.05) is 18.0 Å². The number of aliphatic hydroxyl groups is 1. The Hall–Kier alpha value is -3.03. The van der Waals surface area contributed by atoms with Gasteiger partial charge in [0.15, 0.2) is 11.8 Å². The van der Waals surface area contributed by atoms with Crippen molar-refractivity contribution in [2.45, 2.75) is 31.8 Å². The highest BCUT2D eigenvalue weighted by Crippen LogP contribution is 2.36. The van der Waals surface area contributed by atoms with E-state index >= 15 is 0 Å². The zero-order chi connectivity index (χ0) is 26.4. The summed E-state index contributed by atoms with van der Waals surface area (Å²) in [6.07, 6.45) is -9.72. The zero-order valence-electron chi connectivity index (χ0n) is 18.0. The summed E-state index contributed by atoms with van der Waals surface area (Å²) in [7, 11) is 0. The largest absolute Gasteiger partial charge is 0.489 e. The van der Waals surface area contributed by atoms with Gasteiger partial charge in [0.05, 0.1) is 15.6 Å². The summed E-state index contributed by atoms with van der Waals surface area (Å²) >= 11 is 12.1. The summed E-state index contributed by atoms with van der Waals surface area (Å²) in [5.41, 5.74) is 0.0420. The summed E-state index contributed by atoms with van der Waals surface area (Å²) in [4.78, 5) is 8.38. The summed E-state index contributed by atoms with van der Waals surface area (Å²) in [6.45, 7) is 0.703. The van der Waals surface area contributed by atoms with Crippen LogP contribution in [-0.2, 0) is 12.6 Å². The van der Waals surface area contributed by atoms with E-state index < -0.39 is 30.6 Å². The molecule has 4 aromatic rings. The van der Waals surface area contributed by atoms with Crippen LogP contribution in [0.25, 0.3) is 28.6 Å². The van der Waals surface area contributed by atoms with Gasteiger partial charge in [0.2, 0.25) is 5.82 Å². The molecule has 4 rings (SSSR count). The van der Waals surface area contributed by atoms with Crippen molar-refractivity contribution >= 4 is 28.8 Å². The Morgan fingerprint density at radius 1 is 1.06 bits per heavy atom. The number of hydrogen-bond donors (Lipinski definition) is 1. The Kier molecular flexibility index (Phi) is 6.84. The molecule has 0 aliphatic carbocycles. The number of benzene rings is 1. The van der Waals surface area contributed by atoms with Crippen LogP contribution in [0.2, 0.25) is 10.0 Å². The average Bonchev–Trinajstić information content (AvgIpc) is 3.44. The Morgan fingerprint density at radius 2 is 1.78 bits per heavy atom. The zero-order valence-corrected chi connectivity index (χ0v) is 19.5. The van der Waals surface area contributed by atoms with E-state index in [4.69, 9.17) is 37.6 Å². The number of alkyl halides is 6. The number of aromatic nitrogens is 4. The lowest BCUT2D eigenvalue weighted by Crippen LogP contribution is -2.34. The Balaban J connectivity index is 1.65. The standard InChI is InChI=1S/C21H14Cl2F6N4O3/c1-2-9-3-15(35-8-16(34)21(27,28)29)12(22)5-11(9)17-31-19(36-32-17)14-7-33-6-10(20(24,25)26)4-13(23)18(33)30-14/h3-7,16,34H,2,8H2,1H3. The molecule has 0 saturated carbocycles. The van der Waals surface area contributed by atoms with Gasteiger partial charge < -0.3 is 18.8 Å². The van der Waals surface area contributed by atoms with Gasteiger partial charge in [-0.25, -0.2) is 4.98 Å². The molecular formula is C21H14Cl2F6N4O3. The van der Waals surface area contributed by atoms with Gasteiger partial charge in [0.1, 0.15) is 18.1 Å². The number of aryl methyl sites for hydroxylation is 1. The van der Waals surface area contributed by atoms with Crippen molar-refractivity contribution < 1.29 is 40.7 Å². The Labute approximate surface area is 208 Å². The van der Waals surface area contributed by atoms with Crippen LogP contribution in [0.4, 0.5) is 26.3 Å². The molecule has 0 spiro atoms. The number of nitrogens with zero attached hydrogens (tertiary/aromatic N) is 4. The number of rotatable bonds is 6. The van der Waals surface area contributed by atoms with E-state index in [1.54, 1.807) is 6.92 Å². The molecule has 1 atom stereocenters. The van der Waals surface area contributed by atoms with E-state index in [1.165, 1.54) is 18.3 Å². The molecular weight excluding hydrogens is 541 g/mol. The molecule has 0 aliphatic heterocycles. The monoisotopic (exact) mass is 554 g/mol. The number of imidazole rings is 1. The van der Waals surface area contributed by atoms with Crippen molar-refractivity contribution in [3.8, 4) is 28.7 Å². The molecule has 0 bridgehead atoms. The first-order valence-corrected chi connectivity index (χ1v) is 10.8. The molecule has 0 amide bonds. The number of fused-ring (bicyclic) bond motifs is 1. The molecule has 7 nitrogen and oxygen atoms in total. The predicted octanol–water partition coefficient (Wildman–Crippen LogP) is 6.24. The highest BCUT2D eigenvalue weighted by atomic mass is 35.5. The van der Waals surface area contributed by atoms with Gasteiger partial charge in [-0.15, -0.1) is 0 Å². The topological polar surface area (TPSA) is 85.7 Å². The predicted molar refractivity (Wildman–Crippen MR) is 116 cm³/mol. The van der Waals surface area contributed by atoms with Crippen LogP contribution >= 0.6 is 23.2 Å². The molecule has 0 fully saturated rings. The number of aliphatic hydroxyl groups excluding tert-OH is 1. The third-order valence-electron chi connectivity index (χ3n) is 5.03. The SMILES string of the molecule is CCc1cc(OCC(O)C(F)(F)F)c(Cl)cc1-c1noc(-c2cn3cc(C(F)(F)F)cc(Cl)c3n2)n1. The maximum absolute atomic E-state index is 13.1. The van der Waals surface area contributed by atoms with Gasteiger partial charge in [0.25, 0.3) is 5.89 Å². The number of hydrogen-bond acceptors (Lipinski definition) is 6. The summed E-state index contributed by atoms with van der Waals surface area (Å²) < 4.78 is 88.2. The first-order valence-electron chi connectivity index (χ1n) is 10.1. The fourth-order valence-electron chi connectivity index (χ4n) is 3.22. The second-order valence-electron chi connectivity index (χ2n) is 7.52. The second-order valence-corrected chi connectivity index (χ2v) is 8.33.